The Morgan fingerprint density at radius 1 is 1.24 bits per heavy atom. The van der Waals surface area contributed by atoms with E-state index in [9.17, 15) is 9.18 Å². The molecule has 2 aromatic rings. The molecular weight excluding hydrogens is 325 g/mol. The summed E-state index contributed by atoms with van der Waals surface area (Å²) in [7, 11) is 0. The summed E-state index contributed by atoms with van der Waals surface area (Å²) >= 11 is 0. The predicted molar refractivity (Wildman–Crippen MR) is 86.6 cm³/mol. The van der Waals surface area contributed by atoms with E-state index in [-0.39, 0.29) is 30.0 Å². The molecule has 0 aromatic carbocycles. The van der Waals surface area contributed by atoms with Crippen LogP contribution in [0, 0.1) is 5.82 Å². The predicted octanol–water partition coefficient (Wildman–Crippen LogP) is 2.07. The van der Waals surface area contributed by atoms with E-state index in [0.29, 0.717) is 25.1 Å². The molecule has 25 heavy (non-hydrogen) atoms. The summed E-state index contributed by atoms with van der Waals surface area (Å²) in [6, 6.07) is 6.17. The fraction of sp³-hybridized carbons (Fsp3) is 0.389. The SMILES string of the molecule is O=C(c1ccncc1)N1CCO[C@H]2[C@H](Oc3ncccc3F)CC[C@@H]21. The smallest absolute Gasteiger partial charge is 0.254 e. The van der Waals surface area contributed by atoms with E-state index < -0.39 is 5.82 Å². The maximum Gasteiger partial charge on any atom is 0.254 e. The van der Waals surface area contributed by atoms with Crippen molar-refractivity contribution in [2.45, 2.75) is 31.1 Å². The molecular formula is C18H18FN3O3. The van der Waals surface area contributed by atoms with Crippen LogP contribution in [0.15, 0.2) is 42.9 Å². The van der Waals surface area contributed by atoms with Crippen molar-refractivity contribution < 1.29 is 18.7 Å². The van der Waals surface area contributed by atoms with Crippen LogP contribution in [-0.4, -0.2) is 52.2 Å². The summed E-state index contributed by atoms with van der Waals surface area (Å²) < 4.78 is 25.4. The van der Waals surface area contributed by atoms with Crippen LogP contribution in [0.1, 0.15) is 23.2 Å². The van der Waals surface area contributed by atoms with E-state index in [2.05, 4.69) is 9.97 Å². The lowest BCUT2D eigenvalue weighted by Gasteiger charge is -2.39. The molecule has 2 aromatic heterocycles. The van der Waals surface area contributed by atoms with Crippen LogP contribution in [0.2, 0.25) is 0 Å². The van der Waals surface area contributed by atoms with Crippen LogP contribution in [0.3, 0.4) is 0 Å². The van der Waals surface area contributed by atoms with Gasteiger partial charge in [-0.25, -0.2) is 9.37 Å². The molecule has 130 valence electrons. The molecule has 2 aliphatic rings. The van der Waals surface area contributed by atoms with Crippen LogP contribution in [0.4, 0.5) is 4.39 Å². The molecule has 3 atom stereocenters. The van der Waals surface area contributed by atoms with Crippen molar-refractivity contribution in [3.05, 3.63) is 54.2 Å². The lowest BCUT2D eigenvalue weighted by atomic mass is 10.1. The number of halogens is 1. The zero-order chi connectivity index (χ0) is 17.2. The van der Waals surface area contributed by atoms with Crippen LogP contribution in [0.25, 0.3) is 0 Å². The highest BCUT2D eigenvalue weighted by Crippen LogP contribution is 2.33. The Balaban J connectivity index is 1.51. The third kappa shape index (κ3) is 3.07. The van der Waals surface area contributed by atoms with Gasteiger partial charge in [0.2, 0.25) is 0 Å². The highest BCUT2D eigenvalue weighted by molar-refractivity contribution is 5.94. The molecule has 3 heterocycles. The van der Waals surface area contributed by atoms with Gasteiger partial charge in [0.05, 0.1) is 12.6 Å². The Morgan fingerprint density at radius 3 is 2.88 bits per heavy atom. The Kier molecular flexibility index (Phi) is 4.31. The minimum atomic E-state index is -0.494. The van der Waals surface area contributed by atoms with E-state index in [1.165, 1.54) is 18.3 Å². The van der Waals surface area contributed by atoms with Crippen molar-refractivity contribution in [1.82, 2.24) is 14.9 Å². The van der Waals surface area contributed by atoms with Gasteiger partial charge in [0, 0.05) is 30.7 Å². The molecule has 1 saturated carbocycles. The highest BCUT2D eigenvalue weighted by atomic mass is 19.1. The maximum absolute atomic E-state index is 13.8. The minimum Gasteiger partial charge on any atom is -0.469 e. The molecule has 1 saturated heterocycles. The molecule has 7 heteroatoms. The fourth-order valence-electron chi connectivity index (χ4n) is 3.56. The number of hydrogen-bond acceptors (Lipinski definition) is 5. The number of carbonyl (C=O) groups is 1. The average Bonchev–Trinajstić information content (AvgIpc) is 3.07. The number of morpholine rings is 1. The van der Waals surface area contributed by atoms with Crippen molar-refractivity contribution in [3.63, 3.8) is 0 Å². The summed E-state index contributed by atoms with van der Waals surface area (Å²) in [6.45, 7) is 0.968. The van der Waals surface area contributed by atoms with Crippen LogP contribution in [0.5, 0.6) is 5.88 Å². The number of pyridine rings is 2. The Bertz CT molecular complexity index is 758. The molecule has 1 aliphatic heterocycles. The zero-order valence-electron chi connectivity index (χ0n) is 13.5. The van der Waals surface area contributed by atoms with E-state index in [4.69, 9.17) is 9.47 Å². The monoisotopic (exact) mass is 343 g/mol. The van der Waals surface area contributed by atoms with Gasteiger partial charge in [0.15, 0.2) is 5.82 Å². The van der Waals surface area contributed by atoms with Crippen molar-refractivity contribution >= 4 is 5.91 Å². The zero-order valence-corrected chi connectivity index (χ0v) is 13.5. The summed E-state index contributed by atoms with van der Waals surface area (Å²) in [5.74, 6) is -0.550. The number of amides is 1. The molecule has 6 nitrogen and oxygen atoms in total. The van der Waals surface area contributed by atoms with Gasteiger partial charge in [-0.3, -0.25) is 9.78 Å². The van der Waals surface area contributed by atoms with Crippen molar-refractivity contribution in [3.8, 4) is 5.88 Å². The second-order valence-corrected chi connectivity index (χ2v) is 6.16. The van der Waals surface area contributed by atoms with Crippen LogP contribution >= 0.6 is 0 Å². The van der Waals surface area contributed by atoms with E-state index in [1.807, 2.05) is 4.90 Å². The van der Waals surface area contributed by atoms with Gasteiger partial charge in [-0.1, -0.05) is 0 Å². The van der Waals surface area contributed by atoms with Gasteiger partial charge in [-0.2, -0.15) is 0 Å². The number of aromatic nitrogens is 2. The van der Waals surface area contributed by atoms with Gasteiger partial charge in [0.25, 0.3) is 11.8 Å². The number of nitrogens with zero attached hydrogens (tertiary/aromatic N) is 3. The molecule has 0 unspecified atom stereocenters. The van der Waals surface area contributed by atoms with Crippen molar-refractivity contribution in [1.29, 1.82) is 0 Å². The number of rotatable bonds is 3. The largest absolute Gasteiger partial charge is 0.469 e. The molecule has 0 spiro atoms. The third-order valence-corrected chi connectivity index (χ3v) is 4.71. The lowest BCUT2D eigenvalue weighted by Crippen LogP contribution is -2.54. The molecule has 2 fully saturated rings. The molecule has 4 rings (SSSR count). The topological polar surface area (TPSA) is 64.6 Å². The van der Waals surface area contributed by atoms with E-state index in [0.717, 1.165) is 6.42 Å². The van der Waals surface area contributed by atoms with Gasteiger partial charge in [-0.15, -0.1) is 0 Å². The average molecular weight is 343 g/mol. The van der Waals surface area contributed by atoms with Gasteiger partial charge in [0.1, 0.15) is 12.2 Å². The normalized spacial score (nSPS) is 25.5. The first-order chi connectivity index (χ1) is 12.2. The fourth-order valence-corrected chi connectivity index (χ4v) is 3.56. The summed E-state index contributed by atoms with van der Waals surface area (Å²) in [5.41, 5.74) is 0.607. The van der Waals surface area contributed by atoms with E-state index >= 15 is 0 Å². The summed E-state index contributed by atoms with van der Waals surface area (Å²) in [4.78, 5) is 22.5. The quantitative estimate of drug-likeness (QED) is 0.854. The molecule has 1 aliphatic carbocycles. The molecule has 0 N–H and O–H groups in total. The number of hydrogen-bond donors (Lipinski definition) is 0. The first-order valence-corrected chi connectivity index (χ1v) is 8.34. The maximum atomic E-state index is 13.8. The van der Waals surface area contributed by atoms with Crippen LogP contribution < -0.4 is 4.74 Å². The minimum absolute atomic E-state index is 0.0191. The first kappa shape index (κ1) is 16.0. The summed E-state index contributed by atoms with van der Waals surface area (Å²) in [6.07, 6.45) is 5.55. The molecule has 1 amide bonds. The standard InChI is InChI=1S/C18H18FN3O3/c19-13-2-1-7-21-17(13)25-15-4-3-14-16(15)24-11-10-22(14)18(23)12-5-8-20-9-6-12/h1-2,5-9,14-16H,3-4,10-11H2/t14-,15+,16+/m0/s1. The van der Waals surface area contributed by atoms with Gasteiger partial charge in [-0.05, 0) is 37.1 Å². The van der Waals surface area contributed by atoms with Crippen molar-refractivity contribution in [2.75, 3.05) is 13.2 Å². The molecule has 0 bridgehead atoms. The second-order valence-electron chi connectivity index (χ2n) is 6.16. The Morgan fingerprint density at radius 2 is 2.08 bits per heavy atom. The third-order valence-electron chi connectivity index (χ3n) is 4.71. The Hall–Kier alpha value is -2.54. The summed E-state index contributed by atoms with van der Waals surface area (Å²) in [5, 5.41) is 0. The van der Waals surface area contributed by atoms with E-state index in [1.54, 1.807) is 24.5 Å². The molecule has 0 radical (unpaired) electrons. The number of ether oxygens (including phenoxy) is 2. The number of fused-ring (bicyclic) bond motifs is 1. The van der Waals surface area contributed by atoms with Gasteiger partial charge >= 0.3 is 0 Å². The van der Waals surface area contributed by atoms with Crippen LogP contribution in [-0.2, 0) is 4.74 Å². The van der Waals surface area contributed by atoms with Crippen molar-refractivity contribution in [2.24, 2.45) is 0 Å². The number of carbonyl (C=O) groups excluding carboxylic acids is 1. The Labute approximate surface area is 144 Å². The lowest BCUT2D eigenvalue weighted by molar-refractivity contribution is -0.0798. The highest BCUT2D eigenvalue weighted by Gasteiger charge is 2.46. The first-order valence-electron chi connectivity index (χ1n) is 8.34. The second kappa shape index (κ2) is 6.76. The van der Waals surface area contributed by atoms with Gasteiger partial charge < -0.3 is 14.4 Å².